The lowest BCUT2D eigenvalue weighted by Gasteiger charge is -2.34. The molecule has 0 aromatic rings. The minimum absolute atomic E-state index is 0. The summed E-state index contributed by atoms with van der Waals surface area (Å²) in [6.45, 7) is -0.0944. The molecule has 0 amide bonds. The third-order valence-corrected chi connectivity index (χ3v) is 3.88. The van der Waals surface area contributed by atoms with Crippen LogP contribution < -0.4 is 10.6 Å². The van der Waals surface area contributed by atoms with Crippen molar-refractivity contribution in [2.75, 3.05) is 26.3 Å². The minimum atomic E-state index is -1.16. The van der Waals surface area contributed by atoms with Gasteiger partial charge in [0.2, 0.25) is 0 Å². The molecule has 23 heavy (non-hydrogen) atoms. The second kappa shape index (κ2) is 10.5. The number of rotatable bonds is 2. The summed E-state index contributed by atoms with van der Waals surface area (Å²) in [5.41, 5.74) is 0. The summed E-state index contributed by atoms with van der Waals surface area (Å²) in [5.74, 6) is 0. The Balaban J connectivity index is 0.000000403. The molecule has 0 radical (unpaired) electrons. The third kappa shape index (κ3) is 5.87. The van der Waals surface area contributed by atoms with Crippen LogP contribution in [0.3, 0.4) is 0 Å². The van der Waals surface area contributed by atoms with Crippen LogP contribution in [-0.4, -0.2) is 116 Å². The molecule has 8 atom stereocenters. The molecule has 2 saturated heterocycles. The van der Waals surface area contributed by atoms with Crippen LogP contribution in [0.4, 0.5) is 0 Å². The SMILES string of the molecule is C.OCC1NCC(O)[C@H](O)[C@H]1O.OC[C@H]1NCC(O)C(O)C1O. The Hall–Kier alpha value is -0.400. The number of hydrogen-bond donors (Lipinski definition) is 10. The second-order valence-electron chi connectivity index (χ2n) is 5.49. The van der Waals surface area contributed by atoms with Gasteiger partial charge in [0.25, 0.3) is 0 Å². The lowest BCUT2D eigenvalue weighted by atomic mass is 9.97. The monoisotopic (exact) mass is 342 g/mol. The number of hydrogen-bond acceptors (Lipinski definition) is 10. The van der Waals surface area contributed by atoms with Crippen molar-refractivity contribution in [3.63, 3.8) is 0 Å². The van der Waals surface area contributed by atoms with E-state index in [4.69, 9.17) is 30.6 Å². The fourth-order valence-corrected chi connectivity index (χ4v) is 2.30. The molecule has 140 valence electrons. The van der Waals surface area contributed by atoms with Gasteiger partial charge in [0.05, 0.1) is 49.7 Å². The van der Waals surface area contributed by atoms with E-state index in [0.717, 1.165) is 0 Å². The first kappa shape index (κ1) is 22.6. The van der Waals surface area contributed by atoms with Crippen molar-refractivity contribution in [1.29, 1.82) is 0 Å². The average Bonchev–Trinajstić information content (AvgIpc) is 2.51. The van der Waals surface area contributed by atoms with E-state index in [1.54, 1.807) is 0 Å². The minimum Gasteiger partial charge on any atom is -0.395 e. The van der Waals surface area contributed by atoms with E-state index in [1.807, 2.05) is 0 Å². The van der Waals surface area contributed by atoms with Crippen LogP contribution in [0.15, 0.2) is 0 Å². The van der Waals surface area contributed by atoms with Crippen molar-refractivity contribution < 1.29 is 40.9 Å². The van der Waals surface area contributed by atoms with Crippen LogP contribution in [-0.2, 0) is 0 Å². The Labute approximate surface area is 135 Å². The van der Waals surface area contributed by atoms with E-state index < -0.39 is 48.7 Å². The molecule has 5 unspecified atom stereocenters. The summed E-state index contributed by atoms with van der Waals surface area (Å²) in [7, 11) is 0. The second-order valence-corrected chi connectivity index (χ2v) is 5.49. The van der Waals surface area contributed by atoms with Gasteiger partial charge in [-0.05, 0) is 0 Å². The van der Waals surface area contributed by atoms with Crippen molar-refractivity contribution in [3.8, 4) is 0 Å². The maximum atomic E-state index is 9.18. The highest BCUT2D eigenvalue weighted by atomic mass is 16.4. The number of β-amino-alcohol motifs (C(OH)–C–C–N with tert-alkyl or cyclic N) is 2. The lowest BCUT2D eigenvalue weighted by Crippen LogP contribution is -2.60. The van der Waals surface area contributed by atoms with Crippen LogP contribution in [0.25, 0.3) is 0 Å². The van der Waals surface area contributed by atoms with E-state index in [0.29, 0.717) is 0 Å². The zero-order chi connectivity index (χ0) is 16.9. The van der Waals surface area contributed by atoms with Gasteiger partial charge in [-0.25, -0.2) is 0 Å². The van der Waals surface area contributed by atoms with E-state index in [2.05, 4.69) is 10.6 Å². The van der Waals surface area contributed by atoms with Crippen LogP contribution in [0.5, 0.6) is 0 Å². The molecule has 0 aliphatic carbocycles. The largest absolute Gasteiger partial charge is 0.395 e. The molecule has 0 spiro atoms. The number of aliphatic hydroxyl groups excluding tert-OH is 8. The first-order chi connectivity index (χ1) is 10.3. The van der Waals surface area contributed by atoms with Gasteiger partial charge in [-0.15, -0.1) is 0 Å². The Bertz CT molecular complexity index is 290. The third-order valence-electron chi connectivity index (χ3n) is 3.88. The van der Waals surface area contributed by atoms with Gasteiger partial charge >= 0.3 is 0 Å². The van der Waals surface area contributed by atoms with Crippen LogP contribution in [0, 0.1) is 0 Å². The van der Waals surface area contributed by atoms with E-state index in [1.165, 1.54) is 0 Å². The lowest BCUT2D eigenvalue weighted by molar-refractivity contribution is -0.101. The normalized spacial score (nSPS) is 43.8. The number of aliphatic hydroxyl groups is 8. The first-order valence-corrected chi connectivity index (χ1v) is 7.10. The first-order valence-electron chi connectivity index (χ1n) is 7.10. The molecule has 0 aromatic carbocycles. The molecule has 2 aliphatic rings. The fourth-order valence-electron chi connectivity index (χ4n) is 2.30. The van der Waals surface area contributed by atoms with Crippen molar-refractivity contribution in [2.45, 2.75) is 56.1 Å². The van der Waals surface area contributed by atoms with Gasteiger partial charge in [0, 0.05) is 13.1 Å². The maximum absolute atomic E-state index is 9.18. The van der Waals surface area contributed by atoms with Gasteiger partial charge in [0.1, 0.15) is 12.2 Å². The quantitative estimate of drug-likeness (QED) is 0.232. The topological polar surface area (TPSA) is 186 Å². The highest BCUT2D eigenvalue weighted by molar-refractivity contribution is 4.92. The van der Waals surface area contributed by atoms with Crippen LogP contribution in [0.2, 0.25) is 0 Å². The Kier molecular flexibility index (Phi) is 10.3. The summed E-state index contributed by atoms with van der Waals surface area (Å²) < 4.78 is 0. The summed E-state index contributed by atoms with van der Waals surface area (Å²) in [4.78, 5) is 0. The highest BCUT2D eigenvalue weighted by Gasteiger charge is 2.36. The molecule has 0 saturated carbocycles. The Morgan fingerprint density at radius 1 is 0.609 bits per heavy atom. The van der Waals surface area contributed by atoms with Crippen molar-refractivity contribution >= 4 is 0 Å². The van der Waals surface area contributed by atoms with Gasteiger partial charge in [0.15, 0.2) is 0 Å². The van der Waals surface area contributed by atoms with Crippen LogP contribution >= 0.6 is 0 Å². The van der Waals surface area contributed by atoms with Gasteiger partial charge in [-0.1, -0.05) is 7.43 Å². The summed E-state index contributed by atoms with van der Waals surface area (Å²) >= 11 is 0. The molecule has 0 aromatic heterocycles. The maximum Gasteiger partial charge on any atom is 0.109 e. The zero-order valence-electron chi connectivity index (χ0n) is 12.0. The van der Waals surface area contributed by atoms with Gasteiger partial charge in [-0.3, -0.25) is 0 Å². The van der Waals surface area contributed by atoms with Gasteiger partial charge in [-0.2, -0.15) is 0 Å². The number of piperidine rings is 2. The molecule has 10 heteroatoms. The standard InChI is InChI=1S/2C6H13NO4.CH4/c2*8-2-3-5(10)6(11)4(9)1-7-3;/h2*3-11H,1-2H2;1H4/t3?,4?,5-,6-;3-,4?,5?,6?;/m01./s1. The Morgan fingerprint density at radius 2 is 0.913 bits per heavy atom. The average molecular weight is 342 g/mol. The van der Waals surface area contributed by atoms with Crippen molar-refractivity contribution in [1.82, 2.24) is 10.6 Å². The zero-order valence-corrected chi connectivity index (χ0v) is 12.0. The number of nitrogens with one attached hydrogen (secondary N) is 2. The summed E-state index contributed by atoms with van der Waals surface area (Å²) in [6, 6.07) is -1.07. The molecule has 10 N–H and O–H groups in total. The molecule has 2 rings (SSSR count). The smallest absolute Gasteiger partial charge is 0.109 e. The van der Waals surface area contributed by atoms with Crippen molar-refractivity contribution in [3.05, 3.63) is 0 Å². The van der Waals surface area contributed by atoms with E-state index in [-0.39, 0.29) is 33.7 Å². The van der Waals surface area contributed by atoms with Gasteiger partial charge < -0.3 is 51.5 Å². The molecule has 2 heterocycles. The van der Waals surface area contributed by atoms with Crippen molar-refractivity contribution in [2.24, 2.45) is 0 Å². The highest BCUT2D eigenvalue weighted by Crippen LogP contribution is 2.10. The fraction of sp³-hybridized carbons (Fsp3) is 1.00. The predicted molar refractivity (Wildman–Crippen MR) is 80.5 cm³/mol. The predicted octanol–water partition coefficient (Wildman–Crippen LogP) is -5.30. The van der Waals surface area contributed by atoms with Crippen LogP contribution in [0.1, 0.15) is 7.43 Å². The molecule has 10 nitrogen and oxygen atoms in total. The summed E-state index contributed by atoms with van der Waals surface area (Å²) in [6.07, 6.45) is -6.41. The molecule has 2 aliphatic heterocycles. The Morgan fingerprint density at radius 3 is 1.17 bits per heavy atom. The molecule has 2 fully saturated rings. The summed E-state index contributed by atoms with van der Waals surface area (Å²) in [5, 5.41) is 77.2. The van der Waals surface area contributed by atoms with E-state index >= 15 is 0 Å². The molecular weight excluding hydrogens is 312 g/mol. The van der Waals surface area contributed by atoms with E-state index in [9.17, 15) is 10.2 Å². The molecule has 0 bridgehead atoms. The molecular formula is C13H30N2O8.